The Morgan fingerprint density at radius 2 is 2.16 bits per heavy atom. The van der Waals surface area contributed by atoms with Gasteiger partial charge in [0.25, 0.3) is 6.43 Å². The van der Waals surface area contributed by atoms with E-state index in [9.17, 15) is 22.8 Å². The average molecular weight is 278 g/mol. The van der Waals surface area contributed by atoms with Gasteiger partial charge in [-0.3, -0.25) is 9.59 Å². The predicted octanol–water partition coefficient (Wildman–Crippen LogP) is 1.33. The maximum Gasteiger partial charge on any atom is 0.310 e. The number of esters is 2. The van der Waals surface area contributed by atoms with Gasteiger partial charge in [-0.15, -0.1) is 0 Å². The zero-order chi connectivity index (χ0) is 13.7. The minimum atomic E-state index is -3.06. The number of carbonyl (C=O) groups excluding carboxylic acids is 2. The van der Waals surface area contributed by atoms with E-state index in [1.165, 1.54) is 0 Å². The maximum absolute atomic E-state index is 12.4. The zero-order valence-electron chi connectivity index (χ0n) is 9.93. The molecule has 3 aliphatic rings. The molecule has 0 aromatic carbocycles. The van der Waals surface area contributed by atoms with Crippen molar-refractivity contribution in [3.8, 4) is 0 Å². The van der Waals surface area contributed by atoms with Gasteiger partial charge in [0.2, 0.25) is 0 Å². The van der Waals surface area contributed by atoms with E-state index in [-0.39, 0.29) is 17.9 Å². The minimum absolute atomic E-state index is 0.00886. The predicted molar refractivity (Wildman–Crippen MR) is 54.9 cm³/mol. The number of alkyl halides is 3. The summed E-state index contributed by atoms with van der Waals surface area (Å²) in [5, 5.41) is 0. The molecule has 2 bridgehead atoms. The lowest BCUT2D eigenvalue weighted by Crippen LogP contribution is -2.37. The van der Waals surface area contributed by atoms with Crippen LogP contribution < -0.4 is 0 Å². The van der Waals surface area contributed by atoms with E-state index in [0.717, 1.165) is 0 Å². The molecule has 19 heavy (non-hydrogen) atoms. The summed E-state index contributed by atoms with van der Waals surface area (Å²) < 4.78 is 46.8. The highest BCUT2D eigenvalue weighted by molar-refractivity contribution is 5.85. The van der Waals surface area contributed by atoms with E-state index in [2.05, 4.69) is 4.74 Å². The van der Waals surface area contributed by atoms with Crippen LogP contribution >= 0.6 is 0 Å². The fraction of sp³-hybridized carbons (Fsp3) is 0.833. The smallest absolute Gasteiger partial charge is 0.310 e. The molecule has 0 spiro atoms. The minimum Gasteiger partial charge on any atom is -0.462 e. The van der Waals surface area contributed by atoms with E-state index in [4.69, 9.17) is 4.74 Å². The fourth-order valence-electron chi connectivity index (χ4n) is 3.70. The van der Waals surface area contributed by atoms with Gasteiger partial charge < -0.3 is 9.47 Å². The Bertz CT molecular complexity index is 412. The van der Waals surface area contributed by atoms with E-state index in [1.54, 1.807) is 0 Å². The van der Waals surface area contributed by atoms with Crippen LogP contribution in [0.4, 0.5) is 13.2 Å². The third-order valence-electron chi connectivity index (χ3n) is 4.46. The quantitative estimate of drug-likeness (QED) is 0.728. The van der Waals surface area contributed by atoms with Gasteiger partial charge in [0.1, 0.15) is 12.8 Å². The fourth-order valence-corrected chi connectivity index (χ4v) is 3.70. The number of ether oxygens (including phenoxy) is 2. The lowest BCUT2D eigenvalue weighted by atomic mass is 9.80. The molecular weight excluding hydrogens is 265 g/mol. The van der Waals surface area contributed by atoms with E-state index < -0.39 is 43.0 Å². The lowest BCUT2D eigenvalue weighted by Gasteiger charge is -2.24. The second-order valence-corrected chi connectivity index (χ2v) is 5.39. The molecule has 0 radical (unpaired) electrons. The van der Waals surface area contributed by atoms with Crippen LogP contribution in [0.3, 0.4) is 0 Å². The number of rotatable bonds is 4. The summed E-state index contributed by atoms with van der Waals surface area (Å²) in [4.78, 5) is 23.6. The molecule has 3 fully saturated rings. The highest BCUT2D eigenvalue weighted by atomic mass is 19.3. The molecule has 0 aromatic rings. The molecule has 0 aromatic heterocycles. The van der Waals surface area contributed by atoms with Gasteiger partial charge in [-0.1, -0.05) is 0 Å². The Morgan fingerprint density at radius 1 is 1.42 bits per heavy atom. The first-order chi connectivity index (χ1) is 9.02. The molecule has 6 unspecified atom stereocenters. The van der Waals surface area contributed by atoms with E-state index in [0.29, 0.717) is 12.8 Å². The third kappa shape index (κ3) is 1.81. The molecule has 4 nitrogen and oxygen atoms in total. The van der Waals surface area contributed by atoms with Crippen molar-refractivity contribution < 1.29 is 32.2 Å². The highest BCUT2D eigenvalue weighted by Gasteiger charge is 2.64. The molecule has 106 valence electrons. The van der Waals surface area contributed by atoms with Crippen LogP contribution in [0, 0.1) is 23.7 Å². The van der Waals surface area contributed by atoms with Crippen molar-refractivity contribution in [3.63, 3.8) is 0 Å². The van der Waals surface area contributed by atoms with Crippen LogP contribution in [0.25, 0.3) is 0 Å². The summed E-state index contributed by atoms with van der Waals surface area (Å²) in [7, 11) is 0. The summed E-state index contributed by atoms with van der Waals surface area (Å²) in [6, 6.07) is 0. The summed E-state index contributed by atoms with van der Waals surface area (Å²) in [6.07, 6.45) is -3.99. The van der Waals surface area contributed by atoms with Crippen molar-refractivity contribution in [2.45, 2.75) is 31.5 Å². The van der Waals surface area contributed by atoms with Gasteiger partial charge in [-0.25, -0.2) is 13.2 Å². The van der Waals surface area contributed by atoms with Gasteiger partial charge in [-0.05, 0) is 18.8 Å². The van der Waals surface area contributed by atoms with Crippen molar-refractivity contribution in [1.29, 1.82) is 0 Å². The molecule has 6 atom stereocenters. The molecular formula is C12H13F3O4. The Balaban J connectivity index is 1.73. The lowest BCUT2D eigenvalue weighted by molar-refractivity contribution is -0.168. The number of hydrogen-bond acceptors (Lipinski definition) is 4. The molecule has 1 saturated heterocycles. The van der Waals surface area contributed by atoms with Crippen LogP contribution in [-0.4, -0.2) is 37.2 Å². The number of fused-ring (bicyclic) bond motifs is 1. The largest absolute Gasteiger partial charge is 0.462 e. The van der Waals surface area contributed by atoms with Gasteiger partial charge in [-0.2, -0.15) is 0 Å². The van der Waals surface area contributed by atoms with Crippen molar-refractivity contribution in [2.24, 2.45) is 23.7 Å². The number of hydrogen-bond donors (Lipinski definition) is 0. The molecule has 0 amide bonds. The van der Waals surface area contributed by atoms with Crippen LogP contribution in [0.15, 0.2) is 0 Å². The third-order valence-corrected chi connectivity index (χ3v) is 4.46. The molecule has 3 rings (SSSR count). The molecule has 7 heteroatoms. The highest BCUT2D eigenvalue weighted by Crippen LogP contribution is 2.58. The first-order valence-corrected chi connectivity index (χ1v) is 6.28. The van der Waals surface area contributed by atoms with Crippen molar-refractivity contribution in [1.82, 2.24) is 0 Å². The Hall–Kier alpha value is -1.27. The van der Waals surface area contributed by atoms with Crippen molar-refractivity contribution in [3.05, 3.63) is 0 Å². The number of halogens is 3. The van der Waals surface area contributed by atoms with Gasteiger partial charge in [0.05, 0.1) is 11.8 Å². The van der Waals surface area contributed by atoms with E-state index >= 15 is 0 Å². The van der Waals surface area contributed by atoms with Crippen molar-refractivity contribution in [2.75, 3.05) is 6.67 Å². The molecule has 2 aliphatic carbocycles. The summed E-state index contributed by atoms with van der Waals surface area (Å²) in [5.41, 5.74) is 0. The Labute approximate surface area is 107 Å². The van der Waals surface area contributed by atoms with Crippen LogP contribution in [0.5, 0.6) is 0 Å². The first kappa shape index (κ1) is 12.7. The SMILES string of the molecule is O=C(OC(CF)C(F)F)C1C2CC3OC(=O)C1C3C2. The zero-order valence-corrected chi connectivity index (χ0v) is 9.93. The monoisotopic (exact) mass is 278 g/mol. The second kappa shape index (κ2) is 4.38. The van der Waals surface area contributed by atoms with Crippen LogP contribution in [-0.2, 0) is 19.1 Å². The Kier molecular flexibility index (Phi) is 2.94. The van der Waals surface area contributed by atoms with Crippen LogP contribution in [0.1, 0.15) is 12.8 Å². The second-order valence-electron chi connectivity index (χ2n) is 5.39. The molecule has 2 saturated carbocycles. The topological polar surface area (TPSA) is 52.6 Å². The first-order valence-electron chi connectivity index (χ1n) is 6.28. The van der Waals surface area contributed by atoms with Crippen molar-refractivity contribution >= 4 is 11.9 Å². The molecule has 1 heterocycles. The molecule has 1 aliphatic heterocycles. The van der Waals surface area contributed by atoms with Gasteiger partial charge in [0, 0.05) is 5.92 Å². The standard InChI is InChI=1S/C12H13F3O4/c13-3-7(10(14)15)19-11(16)8-4-1-5-6(2-4)18-12(17)9(5)8/h4-10H,1-3H2. The van der Waals surface area contributed by atoms with Crippen LogP contribution in [0.2, 0.25) is 0 Å². The number of carbonyl (C=O) groups is 2. The van der Waals surface area contributed by atoms with E-state index in [1.807, 2.05) is 0 Å². The summed E-state index contributed by atoms with van der Waals surface area (Å²) >= 11 is 0. The summed E-state index contributed by atoms with van der Waals surface area (Å²) in [6.45, 7) is -1.43. The van der Waals surface area contributed by atoms with Gasteiger partial charge >= 0.3 is 11.9 Å². The summed E-state index contributed by atoms with van der Waals surface area (Å²) in [5.74, 6) is -2.76. The normalized spacial score (nSPS) is 40.6. The average Bonchev–Trinajstić information content (AvgIpc) is 2.95. The Morgan fingerprint density at radius 3 is 2.79 bits per heavy atom. The molecule has 0 N–H and O–H groups in total. The maximum atomic E-state index is 12.4. The van der Waals surface area contributed by atoms with Gasteiger partial charge in [0.15, 0.2) is 6.10 Å².